The van der Waals surface area contributed by atoms with Gasteiger partial charge in [-0.05, 0) is 37.6 Å². The second-order valence-electron chi connectivity index (χ2n) is 5.04. The van der Waals surface area contributed by atoms with Gasteiger partial charge in [-0.1, -0.05) is 0 Å². The summed E-state index contributed by atoms with van der Waals surface area (Å²) in [6.45, 7) is 2.91. The monoisotopic (exact) mass is 272 g/mol. The van der Waals surface area contributed by atoms with Gasteiger partial charge in [-0.15, -0.1) is 0 Å². The Morgan fingerprint density at radius 3 is 2.61 bits per heavy atom. The van der Waals surface area contributed by atoms with Crippen LogP contribution in [-0.4, -0.2) is 25.2 Å². The van der Waals surface area contributed by atoms with Crippen molar-refractivity contribution >= 4 is 15.8 Å². The van der Waals surface area contributed by atoms with Crippen LogP contribution in [0.15, 0.2) is 23.1 Å². The van der Waals surface area contributed by atoms with Crippen molar-refractivity contribution in [3.05, 3.63) is 29.6 Å². The molecular formula is C12H13FO4S. The Bertz CT molecular complexity index is 619. The van der Waals surface area contributed by atoms with E-state index in [-0.39, 0.29) is 16.2 Å². The number of halogens is 1. The molecule has 6 heteroatoms. The fraction of sp³-hybridized carbons (Fsp3) is 0.417. The molecule has 1 atom stereocenters. The van der Waals surface area contributed by atoms with E-state index in [0.717, 1.165) is 12.1 Å². The lowest BCUT2D eigenvalue weighted by molar-refractivity contribution is -0.147. The van der Waals surface area contributed by atoms with E-state index in [0.29, 0.717) is 0 Å². The molecule has 0 amide bonds. The Balaban J connectivity index is 2.65. The first kappa shape index (κ1) is 13.0. The summed E-state index contributed by atoms with van der Waals surface area (Å²) in [7, 11) is -3.52. The second-order valence-corrected chi connectivity index (χ2v) is 7.05. The van der Waals surface area contributed by atoms with Crippen molar-refractivity contribution in [1.29, 1.82) is 0 Å². The fourth-order valence-corrected chi connectivity index (χ4v) is 4.27. The summed E-state index contributed by atoms with van der Waals surface area (Å²) in [6.07, 6.45) is 0. The molecule has 1 unspecified atom stereocenters. The average molecular weight is 272 g/mol. The number of fused-ring (bicyclic) bond motifs is 1. The number of carboxylic acids is 1. The summed E-state index contributed by atoms with van der Waals surface area (Å²) < 4.78 is 37.1. The minimum absolute atomic E-state index is 0.0447. The zero-order chi connectivity index (χ0) is 13.7. The number of benzene rings is 1. The molecule has 0 saturated heterocycles. The van der Waals surface area contributed by atoms with E-state index < -0.39 is 33.0 Å². The lowest BCUT2D eigenvalue weighted by Gasteiger charge is -2.26. The molecule has 0 aromatic heterocycles. The van der Waals surface area contributed by atoms with Gasteiger partial charge >= 0.3 is 5.97 Å². The molecule has 0 saturated carbocycles. The molecule has 4 nitrogen and oxygen atoms in total. The number of sulfone groups is 1. The van der Waals surface area contributed by atoms with Gasteiger partial charge in [0.15, 0.2) is 9.84 Å². The topological polar surface area (TPSA) is 71.4 Å². The molecule has 2 rings (SSSR count). The molecule has 1 heterocycles. The minimum atomic E-state index is -3.52. The quantitative estimate of drug-likeness (QED) is 0.833. The van der Waals surface area contributed by atoms with Crippen molar-refractivity contribution in [2.75, 3.05) is 5.75 Å². The molecule has 0 radical (unpaired) electrons. The highest BCUT2D eigenvalue weighted by Gasteiger charge is 2.47. The van der Waals surface area contributed by atoms with Crippen molar-refractivity contribution in [3.63, 3.8) is 0 Å². The summed E-state index contributed by atoms with van der Waals surface area (Å²) >= 11 is 0. The van der Waals surface area contributed by atoms with Crippen LogP contribution >= 0.6 is 0 Å². The number of aliphatic carboxylic acids is 1. The van der Waals surface area contributed by atoms with E-state index >= 15 is 0 Å². The Morgan fingerprint density at radius 2 is 2.06 bits per heavy atom. The molecule has 98 valence electrons. The van der Waals surface area contributed by atoms with Gasteiger partial charge in [0, 0.05) is 5.92 Å². The Morgan fingerprint density at radius 1 is 1.44 bits per heavy atom. The lowest BCUT2D eigenvalue weighted by Crippen LogP contribution is -2.32. The Kier molecular flexibility index (Phi) is 2.73. The van der Waals surface area contributed by atoms with Crippen molar-refractivity contribution in [3.8, 4) is 0 Å². The number of rotatable bonds is 2. The van der Waals surface area contributed by atoms with E-state index in [1.807, 2.05) is 0 Å². The normalized spacial score (nSPS) is 21.6. The van der Waals surface area contributed by atoms with Crippen LogP contribution in [0.4, 0.5) is 4.39 Å². The molecule has 1 aliphatic heterocycles. The summed E-state index contributed by atoms with van der Waals surface area (Å²) in [5.41, 5.74) is -0.992. The first-order valence-corrected chi connectivity index (χ1v) is 7.07. The van der Waals surface area contributed by atoms with Gasteiger partial charge in [0.05, 0.1) is 16.1 Å². The number of carboxylic acid groups (broad SMARTS) is 1. The molecule has 18 heavy (non-hydrogen) atoms. The van der Waals surface area contributed by atoms with E-state index in [4.69, 9.17) is 0 Å². The predicted molar refractivity (Wildman–Crippen MR) is 62.6 cm³/mol. The third-order valence-corrected chi connectivity index (χ3v) is 5.30. The SMILES string of the molecule is CC(C)(C(=O)O)C1CS(=O)(=O)c2ccc(F)cc21. The molecule has 0 bridgehead atoms. The van der Waals surface area contributed by atoms with Gasteiger partial charge in [-0.3, -0.25) is 4.79 Å². The summed E-state index contributed by atoms with van der Waals surface area (Å²) in [6, 6.07) is 3.40. The van der Waals surface area contributed by atoms with Gasteiger partial charge in [0.1, 0.15) is 5.82 Å². The first-order valence-electron chi connectivity index (χ1n) is 5.42. The van der Waals surface area contributed by atoms with Crippen LogP contribution < -0.4 is 0 Å². The zero-order valence-corrected chi connectivity index (χ0v) is 10.8. The van der Waals surface area contributed by atoms with E-state index in [9.17, 15) is 22.7 Å². The number of hydrogen-bond acceptors (Lipinski definition) is 3. The fourth-order valence-electron chi connectivity index (χ4n) is 2.22. The van der Waals surface area contributed by atoms with Crippen molar-refractivity contribution in [2.24, 2.45) is 5.41 Å². The molecular weight excluding hydrogens is 259 g/mol. The summed E-state index contributed by atoms with van der Waals surface area (Å²) in [4.78, 5) is 11.3. The highest BCUT2D eigenvalue weighted by molar-refractivity contribution is 7.91. The molecule has 1 aliphatic rings. The largest absolute Gasteiger partial charge is 0.481 e. The minimum Gasteiger partial charge on any atom is -0.481 e. The standard InChI is InChI=1S/C12H13FO4S/c1-12(2,11(14)15)9-6-18(16,17)10-4-3-7(13)5-8(9)10/h3-5,9H,6H2,1-2H3,(H,14,15). The third-order valence-electron chi connectivity index (χ3n) is 3.49. The van der Waals surface area contributed by atoms with Crippen LogP contribution in [0, 0.1) is 11.2 Å². The maximum atomic E-state index is 13.2. The average Bonchev–Trinajstić information content (AvgIpc) is 2.50. The highest BCUT2D eigenvalue weighted by Crippen LogP contribution is 2.45. The van der Waals surface area contributed by atoms with Crippen LogP contribution in [0.2, 0.25) is 0 Å². The van der Waals surface area contributed by atoms with Gasteiger partial charge in [-0.25, -0.2) is 12.8 Å². The van der Waals surface area contributed by atoms with Gasteiger partial charge in [-0.2, -0.15) is 0 Å². The van der Waals surface area contributed by atoms with Crippen LogP contribution in [0.1, 0.15) is 25.3 Å². The molecule has 0 aliphatic carbocycles. The van der Waals surface area contributed by atoms with Crippen LogP contribution in [0.5, 0.6) is 0 Å². The van der Waals surface area contributed by atoms with E-state index in [1.165, 1.54) is 19.9 Å². The Hall–Kier alpha value is -1.43. The molecule has 1 aromatic carbocycles. The van der Waals surface area contributed by atoms with Crippen LogP contribution in [-0.2, 0) is 14.6 Å². The Labute approximate surface area is 104 Å². The van der Waals surface area contributed by atoms with E-state index in [1.54, 1.807) is 0 Å². The molecule has 1 N–H and O–H groups in total. The van der Waals surface area contributed by atoms with Crippen LogP contribution in [0.3, 0.4) is 0 Å². The first-order chi connectivity index (χ1) is 8.16. The van der Waals surface area contributed by atoms with E-state index in [2.05, 4.69) is 0 Å². The maximum absolute atomic E-state index is 13.2. The van der Waals surface area contributed by atoms with Gasteiger partial charge in [0.2, 0.25) is 0 Å². The predicted octanol–water partition coefficient (Wildman–Crippen LogP) is 1.81. The third kappa shape index (κ3) is 1.80. The van der Waals surface area contributed by atoms with Gasteiger partial charge in [0.25, 0.3) is 0 Å². The summed E-state index contributed by atoms with van der Waals surface area (Å²) in [5.74, 6) is -2.67. The van der Waals surface area contributed by atoms with Crippen LogP contribution in [0.25, 0.3) is 0 Å². The number of carbonyl (C=O) groups is 1. The second kappa shape index (κ2) is 3.78. The van der Waals surface area contributed by atoms with Crippen molar-refractivity contribution in [2.45, 2.75) is 24.7 Å². The zero-order valence-electron chi connectivity index (χ0n) is 9.97. The molecule has 0 fully saturated rings. The highest BCUT2D eigenvalue weighted by atomic mass is 32.2. The van der Waals surface area contributed by atoms with Gasteiger partial charge < -0.3 is 5.11 Å². The molecule has 1 aromatic rings. The number of hydrogen-bond donors (Lipinski definition) is 1. The summed E-state index contributed by atoms with van der Waals surface area (Å²) in [5, 5.41) is 9.18. The smallest absolute Gasteiger partial charge is 0.309 e. The lowest BCUT2D eigenvalue weighted by atomic mass is 9.76. The maximum Gasteiger partial charge on any atom is 0.309 e. The van der Waals surface area contributed by atoms with Crippen molar-refractivity contribution in [1.82, 2.24) is 0 Å². The molecule has 0 spiro atoms. The van der Waals surface area contributed by atoms with Crippen molar-refractivity contribution < 1.29 is 22.7 Å².